The molecule has 1 aromatic carbocycles. The summed E-state index contributed by atoms with van der Waals surface area (Å²) in [4.78, 5) is 11.3. The maximum Gasteiger partial charge on any atom is 0.166 e. The molecule has 0 aliphatic carbocycles. The zero-order valence-corrected chi connectivity index (χ0v) is 8.67. The summed E-state index contributed by atoms with van der Waals surface area (Å²) in [7, 11) is 0. The van der Waals surface area contributed by atoms with Crippen LogP contribution in [0.1, 0.15) is 18.9 Å². The average Bonchev–Trinajstić information content (AvgIpc) is 2.21. The molecule has 0 bridgehead atoms. The fraction of sp³-hybridized carbons (Fsp3) is 0.250. The van der Waals surface area contributed by atoms with E-state index in [4.69, 9.17) is 4.74 Å². The van der Waals surface area contributed by atoms with Crippen LogP contribution in [0.25, 0.3) is 0 Å². The van der Waals surface area contributed by atoms with Crippen molar-refractivity contribution in [2.24, 2.45) is 0 Å². The zero-order chi connectivity index (χ0) is 11.8. The molecule has 2 nitrogen and oxygen atoms in total. The van der Waals surface area contributed by atoms with Gasteiger partial charge in [0.1, 0.15) is 5.60 Å². The Morgan fingerprint density at radius 2 is 2.12 bits per heavy atom. The first kappa shape index (κ1) is 10.8. The summed E-state index contributed by atoms with van der Waals surface area (Å²) in [5.41, 5.74) is -1.07. The van der Waals surface area contributed by atoms with Crippen molar-refractivity contribution < 1.29 is 18.3 Å². The Morgan fingerprint density at radius 1 is 1.38 bits per heavy atom. The standard InChI is InChI=1S/C12H10F2O2/c1-12(7-8(15)5-6-16-12)9-3-2-4-10(13)11(9)14/h2-6H,7H2,1H3. The highest BCUT2D eigenvalue weighted by atomic mass is 19.2. The van der Waals surface area contributed by atoms with E-state index in [1.807, 2.05) is 0 Å². The first-order valence-electron chi connectivity index (χ1n) is 4.85. The van der Waals surface area contributed by atoms with Crippen LogP contribution in [-0.4, -0.2) is 5.78 Å². The van der Waals surface area contributed by atoms with E-state index in [0.29, 0.717) is 0 Å². The number of allylic oxidation sites excluding steroid dienone is 1. The molecule has 16 heavy (non-hydrogen) atoms. The van der Waals surface area contributed by atoms with Crippen molar-refractivity contribution in [3.8, 4) is 0 Å². The molecule has 4 heteroatoms. The van der Waals surface area contributed by atoms with Crippen LogP contribution in [-0.2, 0) is 15.1 Å². The molecule has 0 saturated heterocycles. The van der Waals surface area contributed by atoms with Gasteiger partial charge in [-0.05, 0) is 13.0 Å². The van der Waals surface area contributed by atoms with Gasteiger partial charge in [0.2, 0.25) is 0 Å². The first-order valence-corrected chi connectivity index (χ1v) is 4.85. The number of benzene rings is 1. The second kappa shape index (κ2) is 3.70. The molecule has 2 rings (SSSR count). The van der Waals surface area contributed by atoms with Crippen molar-refractivity contribution in [3.63, 3.8) is 0 Å². The van der Waals surface area contributed by atoms with Crippen LogP contribution in [0.15, 0.2) is 30.5 Å². The van der Waals surface area contributed by atoms with E-state index in [0.717, 1.165) is 6.07 Å². The molecule has 0 radical (unpaired) electrons. The molecular weight excluding hydrogens is 214 g/mol. The van der Waals surface area contributed by atoms with E-state index in [2.05, 4.69) is 0 Å². The fourth-order valence-corrected chi connectivity index (χ4v) is 1.76. The Labute approximate surface area is 91.5 Å². The van der Waals surface area contributed by atoms with E-state index >= 15 is 0 Å². The van der Waals surface area contributed by atoms with Crippen LogP contribution in [0.3, 0.4) is 0 Å². The maximum atomic E-state index is 13.6. The van der Waals surface area contributed by atoms with Crippen molar-refractivity contribution >= 4 is 5.78 Å². The van der Waals surface area contributed by atoms with Crippen LogP contribution < -0.4 is 0 Å². The van der Waals surface area contributed by atoms with Crippen molar-refractivity contribution in [3.05, 3.63) is 47.7 Å². The molecule has 0 amide bonds. The Balaban J connectivity index is 2.47. The molecule has 1 heterocycles. The Morgan fingerprint density at radius 3 is 2.81 bits per heavy atom. The minimum Gasteiger partial charge on any atom is -0.490 e. The summed E-state index contributed by atoms with van der Waals surface area (Å²) >= 11 is 0. The SMILES string of the molecule is CC1(c2cccc(F)c2F)CC(=O)C=CO1. The van der Waals surface area contributed by atoms with Gasteiger partial charge in [0, 0.05) is 11.6 Å². The number of halogens is 2. The third-order valence-electron chi connectivity index (χ3n) is 2.61. The normalized spacial score (nSPS) is 24.3. The highest BCUT2D eigenvalue weighted by molar-refractivity contribution is 5.91. The topological polar surface area (TPSA) is 26.3 Å². The molecule has 0 aromatic heterocycles. The van der Waals surface area contributed by atoms with Crippen molar-refractivity contribution in [2.75, 3.05) is 0 Å². The zero-order valence-electron chi connectivity index (χ0n) is 8.67. The summed E-state index contributed by atoms with van der Waals surface area (Å²) in [5, 5.41) is 0. The number of ketones is 1. The predicted molar refractivity (Wildman–Crippen MR) is 53.6 cm³/mol. The van der Waals surface area contributed by atoms with Gasteiger partial charge >= 0.3 is 0 Å². The quantitative estimate of drug-likeness (QED) is 0.733. The molecule has 0 N–H and O–H groups in total. The first-order chi connectivity index (χ1) is 7.53. The lowest BCUT2D eigenvalue weighted by molar-refractivity contribution is -0.122. The van der Waals surface area contributed by atoms with Gasteiger partial charge in [0.25, 0.3) is 0 Å². The van der Waals surface area contributed by atoms with Gasteiger partial charge in [-0.25, -0.2) is 8.78 Å². The highest BCUT2D eigenvalue weighted by Gasteiger charge is 2.35. The second-order valence-corrected chi connectivity index (χ2v) is 3.90. The van der Waals surface area contributed by atoms with Gasteiger partial charge in [-0.15, -0.1) is 0 Å². The predicted octanol–water partition coefficient (Wildman–Crippen LogP) is 2.68. The number of carbonyl (C=O) groups is 1. The maximum absolute atomic E-state index is 13.6. The van der Waals surface area contributed by atoms with Crippen molar-refractivity contribution in [2.45, 2.75) is 18.9 Å². The molecule has 1 unspecified atom stereocenters. The van der Waals surface area contributed by atoms with Gasteiger partial charge in [0.05, 0.1) is 12.7 Å². The molecule has 1 atom stereocenters. The van der Waals surface area contributed by atoms with Crippen LogP contribution in [0.4, 0.5) is 8.78 Å². The van der Waals surface area contributed by atoms with Gasteiger partial charge in [-0.1, -0.05) is 12.1 Å². The molecule has 0 spiro atoms. The summed E-state index contributed by atoms with van der Waals surface area (Å²) in [6.07, 6.45) is 2.50. The summed E-state index contributed by atoms with van der Waals surface area (Å²) < 4.78 is 31.9. The Hall–Kier alpha value is -1.71. The van der Waals surface area contributed by atoms with Crippen molar-refractivity contribution in [1.29, 1.82) is 0 Å². The van der Waals surface area contributed by atoms with E-state index in [9.17, 15) is 13.6 Å². The van der Waals surface area contributed by atoms with E-state index in [1.54, 1.807) is 6.92 Å². The van der Waals surface area contributed by atoms with Gasteiger partial charge < -0.3 is 4.74 Å². The molecule has 84 valence electrons. The smallest absolute Gasteiger partial charge is 0.166 e. The van der Waals surface area contributed by atoms with Crippen LogP contribution in [0.5, 0.6) is 0 Å². The lowest BCUT2D eigenvalue weighted by Gasteiger charge is -2.31. The Bertz CT molecular complexity index is 468. The average molecular weight is 224 g/mol. The van der Waals surface area contributed by atoms with E-state index in [1.165, 1.54) is 24.5 Å². The van der Waals surface area contributed by atoms with Gasteiger partial charge in [0.15, 0.2) is 17.4 Å². The summed E-state index contributed by atoms with van der Waals surface area (Å²) in [5.74, 6) is -2.07. The number of rotatable bonds is 1. The highest BCUT2D eigenvalue weighted by Crippen LogP contribution is 2.34. The number of ether oxygens (including phenoxy) is 1. The molecular formula is C12H10F2O2. The van der Waals surface area contributed by atoms with Gasteiger partial charge in [-0.2, -0.15) is 0 Å². The largest absolute Gasteiger partial charge is 0.490 e. The van der Waals surface area contributed by atoms with E-state index < -0.39 is 17.2 Å². The monoisotopic (exact) mass is 224 g/mol. The minimum absolute atomic E-state index is 0.00384. The number of hydrogen-bond acceptors (Lipinski definition) is 2. The van der Waals surface area contributed by atoms with E-state index in [-0.39, 0.29) is 17.8 Å². The lowest BCUT2D eigenvalue weighted by atomic mass is 9.88. The summed E-state index contributed by atoms with van der Waals surface area (Å²) in [6.45, 7) is 1.56. The summed E-state index contributed by atoms with van der Waals surface area (Å²) in [6, 6.07) is 3.85. The van der Waals surface area contributed by atoms with Crippen LogP contribution in [0.2, 0.25) is 0 Å². The fourth-order valence-electron chi connectivity index (χ4n) is 1.76. The number of carbonyl (C=O) groups excluding carboxylic acids is 1. The van der Waals surface area contributed by atoms with Crippen molar-refractivity contribution in [1.82, 2.24) is 0 Å². The third-order valence-corrected chi connectivity index (χ3v) is 2.61. The lowest BCUT2D eigenvalue weighted by Crippen LogP contribution is -2.31. The van der Waals surface area contributed by atoms with Crippen LogP contribution in [0, 0.1) is 11.6 Å². The molecule has 0 fully saturated rings. The minimum atomic E-state index is -1.13. The van der Waals surface area contributed by atoms with Gasteiger partial charge in [-0.3, -0.25) is 4.79 Å². The molecule has 0 saturated carbocycles. The Kier molecular flexibility index (Phi) is 2.50. The second-order valence-electron chi connectivity index (χ2n) is 3.90. The number of hydrogen-bond donors (Lipinski definition) is 0. The molecule has 1 aliphatic rings. The van der Waals surface area contributed by atoms with Crippen LogP contribution >= 0.6 is 0 Å². The molecule has 1 aliphatic heterocycles. The third kappa shape index (κ3) is 1.71. The molecule has 1 aromatic rings.